The van der Waals surface area contributed by atoms with Crippen molar-refractivity contribution in [3.63, 3.8) is 0 Å². The quantitative estimate of drug-likeness (QED) is 0.927. The van der Waals surface area contributed by atoms with Gasteiger partial charge in [-0.1, -0.05) is 54.8 Å². The van der Waals surface area contributed by atoms with Gasteiger partial charge in [-0.05, 0) is 18.4 Å². The Morgan fingerprint density at radius 1 is 1.15 bits per heavy atom. The Balaban J connectivity index is 1.81. The van der Waals surface area contributed by atoms with Gasteiger partial charge in [0, 0.05) is 12.5 Å². The lowest BCUT2D eigenvalue weighted by molar-refractivity contribution is 0.350. The fraction of sp³-hybridized carbons (Fsp3) is 0.500. The summed E-state index contributed by atoms with van der Waals surface area (Å²) in [4.78, 5) is 4.62. The molecule has 0 amide bonds. The smallest absolute Gasteiger partial charge is 0.235 e. The molecule has 1 aliphatic carbocycles. The van der Waals surface area contributed by atoms with Crippen LogP contribution in [0.5, 0.6) is 0 Å². The second-order valence-electron chi connectivity index (χ2n) is 5.52. The number of benzene rings is 1. The molecule has 0 aliphatic heterocycles. The van der Waals surface area contributed by atoms with Crippen LogP contribution in [0.15, 0.2) is 34.9 Å². The molecule has 2 aromatic rings. The molecule has 1 aliphatic rings. The van der Waals surface area contributed by atoms with Crippen LogP contribution in [0, 0.1) is 0 Å². The molecule has 0 radical (unpaired) electrons. The van der Waals surface area contributed by atoms with Crippen LogP contribution in [-0.4, -0.2) is 16.7 Å². The molecule has 0 spiro atoms. The average molecular weight is 271 g/mol. The molecule has 4 nitrogen and oxygen atoms in total. The monoisotopic (exact) mass is 271 g/mol. The van der Waals surface area contributed by atoms with Gasteiger partial charge in [-0.2, -0.15) is 4.98 Å². The molecule has 0 saturated heterocycles. The highest BCUT2D eigenvalue weighted by Crippen LogP contribution is 2.32. The Kier molecular flexibility index (Phi) is 4.11. The molecule has 106 valence electrons. The van der Waals surface area contributed by atoms with Crippen molar-refractivity contribution < 1.29 is 4.52 Å². The van der Waals surface area contributed by atoms with E-state index in [9.17, 15) is 0 Å². The Morgan fingerprint density at radius 2 is 1.90 bits per heavy atom. The van der Waals surface area contributed by atoms with Gasteiger partial charge in [-0.15, -0.1) is 0 Å². The van der Waals surface area contributed by atoms with E-state index in [1.54, 1.807) is 0 Å². The summed E-state index contributed by atoms with van der Waals surface area (Å²) in [5, 5.41) is 4.19. The molecular weight excluding hydrogens is 250 g/mol. The van der Waals surface area contributed by atoms with Crippen molar-refractivity contribution in [1.82, 2.24) is 10.1 Å². The molecule has 0 bridgehead atoms. The molecule has 1 saturated carbocycles. The standard InChI is InChI=1S/C16H21N3O/c17-11-14(12-7-3-1-4-8-12)16-18-15(19-20-16)13-9-5-2-6-10-13/h1,3-4,7-8,13-14H,2,5-6,9-11,17H2. The van der Waals surface area contributed by atoms with Gasteiger partial charge >= 0.3 is 0 Å². The maximum absolute atomic E-state index is 5.90. The molecule has 3 rings (SSSR count). The van der Waals surface area contributed by atoms with Gasteiger partial charge in [-0.3, -0.25) is 0 Å². The number of hydrogen-bond donors (Lipinski definition) is 1. The first-order chi connectivity index (χ1) is 9.88. The van der Waals surface area contributed by atoms with Crippen LogP contribution in [0.25, 0.3) is 0 Å². The molecule has 1 heterocycles. The minimum Gasteiger partial charge on any atom is -0.339 e. The lowest BCUT2D eigenvalue weighted by Gasteiger charge is -2.17. The third kappa shape index (κ3) is 2.75. The van der Waals surface area contributed by atoms with Crippen LogP contribution in [-0.2, 0) is 0 Å². The number of nitrogens with two attached hydrogens (primary N) is 1. The summed E-state index contributed by atoms with van der Waals surface area (Å²) in [5.41, 5.74) is 7.03. The van der Waals surface area contributed by atoms with Crippen LogP contribution in [0.4, 0.5) is 0 Å². The molecular formula is C16H21N3O. The SMILES string of the molecule is NCC(c1ccccc1)c1nc(C2CCCCC2)no1. The minimum absolute atomic E-state index is 0.000963. The first-order valence-corrected chi connectivity index (χ1v) is 7.47. The maximum atomic E-state index is 5.90. The van der Waals surface area contributed by atoms with Crippen molar-refractivity contribution >= 4 is 0 Å². The number of hydrogen-bond acceptors (Lipinski definition) is 4. The van der Waals surface area contributed by atoms with E-state index in [0.717, 1.165) is 11.4 Å². The third-order valence-corrected chi connectivity index (χ3v) is 4.16. The highest BCUT2D eigenvalue weighted by Gasteiger charge is 2.24. The van der Waals surface area contributed by atoms with Gasteiger partial charge in [0.1, 0.15) is 0 Å². The van der Waals surface area contributed by atoms with E-state index in [4.69, 9.17) is 10.3 Å². The first-order valence-electron chi connectivity index (χ1n) is 7.47. The van der Waals surface area contributed by atoms with Crippen LogP contribution in [0.2, 0.25) is 0 Å². The van der Waals surface area contributed by atoms with Gasteiger partial charge in [0.15, 0.2) is 5.82 Å². The van der Waals surface area contributed by atoms with Crippen molar-refractivity contribution in [3.8, 4) is 0 Å². The molecule has 20 heavy (non-hydrogen) atoms. The van der Waals surface area contributed by atoms with Crippen molar-refractivity contribution in [3.05, 3.63) is 47.6 Å². The molecule has 1 fully saturated rings. The molecule has 1 aromatic carbocycles. The average Bonchev–Trinajstić information content (AvgIpc) is 3.00. The summed E-state index contributed by atoms with van der Waals surface area (Å²) < 4.78 is 5.48. The predicted molar refractivity (Wildman–Crippen MR) is 77.5 cm³/mol. The summed E-state index contributed by atoms with van der Waals surface area (Å²) in [7, 11) is 0. The highest BCUT2D eigenvalue weighted by atomic mass is 16.5. The van der Waals surface area contributed by atoms with E-state index in [1.807, 2.05) is 18.2 Å². The van der Waals surface area contributed by atoms with E-state index in [-0.39, 0.29) is 5.92 Å². The zero-order valence-corrected chi connectivity index (χ0v) is 11.7. The Morgan fingerprint density at radius 3 is 2.60 bits per heavy atom. The number of rotatable bonds is 4. The lowest BCUT2D eigenvalue weighted by atomic mass is 9.89. The van der Waals surface area contributed by atoms with Crippen molar-refractivity contribution in [2.75, 3.05) is 6.54 Å². The normalized spacial score (nSPS) is 18.1. The van der Waals surface area contributed by atoms with Gasteiger partial charge in [0.2, 0.25) is 5.89 Å². The second kappa shape index (κ2) is 6.18. The molecule has 1 aromatic heterocycles. The Bertz CT molecular complexity index is 532. The fourth-order valence-corrected chi connectivity index (χ4v) is 2.98. The van der Waals surface area contributed by atoms with Crippen molar-refractivity contribution in [1.29, 1.82) is 0 Å². The van der Waals surface area contributed by atoms with E-state index in [2.05, 4.69) is 22.3 Å². The van der Waals surface area contributed by atoms with Crippen LogP contribution < -0.4 is 5.73 Å². The Labute approximate surface area is 119 Å². The summed E-state index contributed by atoms with van der Waals surface area (Å²) in [6, 6.07) is 10.1. The predicted octanol–water partition coefficient (Wildman–Crippen LogP) is 3.21. The molecule has 1 unspecified atom stereocenters. The van der Waals surface area contributed by atoms with Gasteiger partial charge < -0.3 is 10.3 Å². The first kappa shape index (κ1) is 13.3. The number of nitrogens with zero attached hydrogens (tertiary/aromatic N) is 2. The van der Waals surface area contributed by atoms with E-state index < -0.39 is 0 Å². The minimum atomic E-state index is 0.000963. The van der Waals surface area contributed by atoms with Gasteiger partial charge in [0.05, 0.1) is 5.92 Å². The summed E-state index contributed by atoms with van der Waals surface area (Å²) in [6.07, 6.45) is 6.23. The van der Waals surface area contributed by atoms with E-state index >= 15 is 0 Å². The second-order valence-corrected chi connectivity index (χ2v) is 5.52. The molecule has 4 heteroatoms. The molecule has 1 atom stereocenters. The summed E-state index contributed by atoms with van der Waals surface area (Å²) in [6.45, 7) is 0.482. The van der Waals surface area contributed by atoms with Gasteiger partial charge in [0.25, 0.3) is 0 Å². The Hall–Kier alpha value is -1.68. The molecule has 2 N–H and O–H groups in total. The largest absolute Gasteiger partial charge is 0.339 e. The van der Waals surface area contributed by atoms with Gasteiger partial charge in [-0.25, -0.2) is 0 Å². The van der Waals surface area contributed by atoms with Crippen LogP contribution in [0.3, 0.4) is 0 Å². The zero-order chi connectivity index (χ0) is 13.8. The number of aromatic nitrogens is 2. The van der Waals surface area contributed by atoms with Crippen molar-refractivity contribution in [2.24, 2.45) is 5.73 Å². The summed E-state index contributed by atoms with van der Waals surface area (Å²) >= 11 is 0. The van der Waals surface area contributed by atoms with Crippen molar-refractivity contribution in [2.45, 2.75) is 43.9 Å². The van der Waals surface area contributed by atoms with E-state index in [1.165, 1.54) is 32.1 Å². The van der Waals surface area contributed by atoms with Crippen LogP contribution in [0.1, 0.15) is 61.2 Å². The third-order valence-electron chi connectivity index (χ3n) is 4.16. The maximum Gasteiger partial charge on any atom is 0.235 e. The van der Waals surface area contributed by atoms with Crippen LogP contribution >= 0.6 is 0 Å². The highest BCUT2D eigenvalue weighted by molar-refractivity contribution is 5.25. The summed E-state index contributed by atoms with van der Waals surface area (Å²) in [5.74, 6) is 1.99. The fourth-order valence-electron chi connectivity index (χ4n) is 2.98. The van der Waals surface area contributed by atoms with E-state index in [0.29, 0.717) is 18.4 Å². The zero-order valence-electron chi connectivity index (χ0n) is 11.7. The lowest BCUT2D eigenvalue weighted by Crippen LogP contribution is -2.14. The topological polar surface area (TPSA) is 64.9 Å².